The van der Waals surface area contributed by atoms with Gasteiger partial charge in [-0.1, -0.05) is 19.8 Å². The Labute approximate surface area is 79.6 Å². The van der Waals surface area contributed by atoms with Crippen LogP contribution in [0.15, 0.2) is 18.7 Å². The highest BCUT2D eigenvalue weighted by Gasteiger charge is 2.08. The second kappa shape index (κ2) is 5.02. The van der Waals surface area contributed by atoms with Crippen LogP contribution in [0.25, 0.3) is 0 Å². The van der Waals surface area contributed by atoms with Crippen molar-refractivity contribution in [3.05, 3.63) is 18.7 Å². The lowest BCUT2D eigenvalue weighted by Gasteiger charge is -2.06. The van der Waals surface area contributed by atoms with Crippen molar-refractivity contribution >= 4 is 0 Å². The molecule has 1 N–H and O–H groups in total. The number of hydrogen-bond acceptors (Lipinski definition) is 1. The number of aromatic nitrogens is 2. The Kier molecular flexibility index (Phi) is 3.96. The summed E-state index contributed by atoms with van der Waals surface area (Å²) in [6, 6.07) is 0. The van der Waals surface area contributed by atoms with Gasteiger partial charge >= 0.3 is 0 Å². The summed E-state index contributed by atoms with van der Waals surface area (Å²) < 4.78 is 3.99. The highest BCUT2D eigenvalue weighted by molar-refractivity contribution is 4.68. The van der Waals surface area contributed by atoms with E-state index >= 15 is 0 Å². The lowest BCUT2D eigenvalue weighted by Crippen LogP contribution is -2.24. The Bertz CT molecular complexity index is 245. The molecule has 0 radical (unpaired) electrons. The van der Waals surface area contributed by atoms with Gasteiger partial charge in [-0.3, -0.25) is 0 Å². The smallest absolute Gasteiger partial charge is 0.243 e. The van der Waals surface area contributed by atoms with Gasteiger partial charge in [0.15, 0.2) is 0 Å². The van der Waals surface area contributed by atoms with E-state index in [4.69, 9.17) is 0 Å². The van der Waals surface area contributed by atoms with Gasteiger partial charge in [-0.05, 0) is 6.42 Å². The summed E-state index contributed by atoms with van der Waals surface area (Å²) in [4.78, 5) is 0. The molecule has 0 spiro atoms. The number of aliphatic hydroxyl groups is 1. The molecule has 1 atom stereocenters. The lowest BCUT2D eigenvalue weighted by molar-refractivity contribution is -0.671. The van der Waals surface area contributed by atoms with E-state index in [0.29, 0.717) is 6.54 Å². The van der Waals surface area contributed by atoms with Crippen LogP contribution in [0.4, 0.5) is 0 Å². The molecule has 1 aromatic heterocycles. The van der Waals surface area contributed by atoms with Gasteiger partial charge in [0.05, 0.1) is 13.2 Å². The summed E-state index contributed by atoms with van der Waals surface area (Å²) >= 11 is 0. The predicted octanol–water partition coefficient (Wildman–Crippen LogP) is 0.864. The Morgan fingerprint density at radius 2 is 2.31 bits per heavy atom. The van der Waals surface area contributed by atoms with Gasteiger partial charge in [-0.15, -0.1) is 0 Å². The van der Waals surface area contributed by atoms with Crippen LogP contribution in [0, 0.1) is 0 Å². The van der Waals surface area contributed by atoms with Crippen molar-refractivity contribution in [1.82, 2.24) is 4.57 Å². The first-order valence-electron chi connectivity index (χ1n) is 4.91. The van der Waals surface area contributed by atoms with E-state index in [1.807, 2.05) is 34.9 Å². The van der Waals surface area contributed by atoms with Crippen LogP contribution < -0.4 is 4.57 Å². The van der Waals surface area contributed by atoms with Gasteiger partial charge in [0.2, 0.25) is 6.33 Å². The molecule has 0 bridgehead atoms. The molecule has 74 valence electrons. The summed E-state index contributed by atoms with van der Waals surface area (Å²) in [5.41, 5.74) is 0. The van der Waals surface area contributed by atoms with E-state index in [1.54, 1.807) is 0 Å². The quantitative estimate of drug-likeness (QED) is 0.674. The molecular weight excluding hydrogens is 164 g/mol. The fraction of sp³-hybridized carbons (Fsp3) is 0.700. The Balaban J connectivity index is 2.31. The zero-order chi connectivity index (χ0) is 9.68. The minimum Gasteiger partial charge on any atom is -0.389 e. The summed E-state index contributed by atoms with van der Waals surface area (Å²) in [5.74, 6) is 0. The monoisotopic (exact) mass is 183 g/mol. The van der Waals surface area contributed by atoms with E-state index < -0.39 is 0 Å². The molecule has 0 aliphatic carbocycles. The largest absolute Gasteiger partial charge is 0.389 e. The molecule has 1 heterocycles. The SMILES string of the molecule is CCCCC(O)Cn1cc[n+](C)c1. The van der Waals surface area contributed by atoms with E-state index in [2.05, 4.69) is 6.92 Å². The number of aryl methyl sites for hydroxylation is 1. The topological polar surface area (TPSA) is 29.0 Å². The number of aliphatic hydroxyl groups excluding tert-OH is 1. The van der Waals surface area contributed by atoms with E-state index in [1.165, 1.54) is 0 Å². The van der Waals surface area contributed by atoms with Crippen molar-refractivity contribution in [3.63, 3.8) is 0 Å². The first-order chi connectivity index (χ1) is 6.22. The maximum atomic E-state index is 9.61. The third-order valence-electron chi connectivity index (χ3n) is 2.14. The van der Waals surface area contributed by atoms with E-state index in [0.717, 1.165) is 19.3 Å². The molecule has 0 aliphatic heterocycles. The van der Waals surface area contributed by atoms with Crippen LogP contribution in [0.3, 0.4) is 0 Å². The zero-order valence-corrected chi connectivity index (χ0v) is 8.48. The number of rotatable bonds is 5. The van der Waals surface area contributed by atoms with Crippen molar-refractivity contribution in [2.24, 2.45) is 7.05 Å². The van der Waals surface area contributed by atoms with Crippen LogP contribution in [0.1, 0.15) is 26.2 Å². The lowest BCUT2D eigenvalue weighted by atomic mass is 10.1. The molecule has 1 aromatic rings. The Morgan fingerprint density at radius 3 is 2.85 bits per heavy atom. The third kappa shape index (κ3) is 3.59. The average Bonchev–Trinajstić information content (AvgIpc) is 2.48. The maximum absolute atomic E-state index is 9.61. The Morgan fingerprint density at radius 1 is 1.54 bits per heavy atom. The second-order valence-electron chi connectivity index (χ2n) is 3.57. The highest BCUT2D eigenvalue weighted by atomic mass is 16.3. The molecule has 0 aromatic carbocycles. The zero-order valence-electron chi connectivity index (χ0n) is 8.48. The van der Waals surface area contributed by atoms with Crippen molar-refractivity contribution in [3.8, 4) is 0 Å². The van der Waals surface area contributed by atoms with Crippen LogP contribution in [-0.4, -0.2) is 15.8 Å². The summed E-state index contributed by atoms with van der Waals surface area (Å²) in [5, 5.41) is 9.61. The van der Waals surface area contributed by atoms with Gasteiger partial charge < -0.3 is 5.11 Å². The van der Waals surface area contributed by atoms with Crippen LogP contribution in [-0.2, 0) is 13.6 Å². The molecule has 13 heavy (non-hydrogen) atoms. The molecule has 3 heteroatoms. The van der Waals surface area contributed by atoms with Gasteiger partial charge in [0.25, 0.3) is 0 Å². The number of nitrogens with zero attached hydrogens (tertiary/aromatic N) is 2. The van der Waals surface area contributed by atoms with Crippen LogP contribution in [0.5, 0.6) is 0 Å². The average molecular weight is 183 g/mol. The minimum atomic E-state index is -0.202. The van der Waals surface area contributed by atoms with Crippen LogP contribution in [0.2, 0.25) is 0 Å². The van der Waals surface area contributed by atoms with E-state index in [9.17, 15) is 5.11 Å². The highest BCUT2D eigenvalue weighted by Crippen LogP contribution is 2.02. The molecule has 1 unspecified atom stereocenters. The fourth-order valence-electron chi connectivity index (χ4n) is 1.38. The van der Waals surface area contributed by atoms with Crippen LogP contribution >= 0.6 is 0 Å². The first-order valence-corrected chi connectivity index (χ1v) is 4.91. The van der Waals surface area contributed by atoms with Crippen molar-refractivity contribution in [2.75, 3.05) is 0 Å². The minimum absolute atomic E-state index is 0.202. The van der Waals surface area contributed by atoms with Crippen molar-refractivity contribution in [1.29, 1.82) is 0 Å². The fourth-order valence-corrected chi connectivity index (χ4v) is 1.38. The van der Waals surface area contributed by atoms with Gasteiger partial charge in [-0.2, -0.15) is 0 Å². The molecule has 1 rings (SSSR count). The molecular formula is C10H19N2O+. The molecule has 0 saturated carbocycles. The molecule has 3 nitrogen and oxygen atoms in total. The van der Waals surface area contributed by atoms with Gasteiger partial charge in [0.1, 0.15) is 18.9 Å². The summed E-state index contributed by atoms with van der Waals surface area (Å²) in [7, 11) is 1.98. The number of unbranched alkanes of at least 4 members (excludes halogenated alkanes) is 1. The molecule has 0 saturated heterocycles. The van der Waals surface area contributed by atoms with Crippen molar-refractivity contribution < 1.29 is 9.67 Å². The Hall–Kier alpha value is -0.830. The standard InChI is InChI=1S/C10H19N2O/c1-3-4-5-10(13)8-12-7-6-11(2)9-12/h6-7,9-10,13H,3-5,8H2,1-2H3/q+1. The van der Waals surface area contributed by atoms with Crippen molar-refractivity contribution in [2.45, 2.75) is 38.8 Å². The molecule has 0 fully saturated rings. The maximum Gasteiger partial charge on any atom is 0.243 e. The van der Waals surface area contributed by atoms with E-state index in [-0.39, 0.29) is 6.10 Å². The van der Waals surface area contributed by atoms with Gasteiger partial charge in [-0.25, -0.2) is 9.13 Å². The normalized spacial score (nSPS) is 13.2. The van der Waals surface area contributed by atoms with Gasteiger partial charge in [0, 0.05) is 0 Å². The number of hydrogen-bond donors (Lipinski definition) is 1. The number of imidazole rings is 1. The third-order valence-corrected chi connectivity index (χ3v) is 2.14. The summed E-state index contributed by atoms with van der Waals surface area (Å²) in [6.07, 6.45) is 8.90. The predicted molar refractivity (Wildman–Crippen MR) is 51.1 cm³/mol. The molecule has 0 amide bonds. The first kappa shape index (κ1) is 10.3. The summed E-state index contributed by atoms with van der Waals surface area (Å²) in [6.45, 7) is 2.85. The molecule has 0 aliphatic rings. The second-order valence-corrected chi connectivity index (χ2v) is 3.57.